The van der Waals surface area contributed by atoms with E-state index in [9.17, 15) is 14.3 Å². The lowest BCUT2D eigenvalue weighted by Crippen LogP contribution is -2.41. The lowest BCUT2D eigenvalue weighted by molar-refractivity contribution is -0.134. The summed E-state index contributed by atoms with van der Waals surface area (Å²) in [6, 6.07) is 6.20. The molecule has 0 bridgehead atoms. The molecule has 2 fully saturated rings. The van der Waals surface area contributed by atoms with Gasteiger partial charge in [0.2, 0.25) is 5.91 Å². The van der Waals surface area contributed by atoms with Crippen molar-refractivity contribution in [2.24, 2.45) is 17.6 Å². The maximum absolute atomic E-state index is 13.0. The number of halogens is 2. The first kappa shape index (κ1) is 20.1. The molecular formula is C19H28ClFN2O2. The van der Waals surface area contributed by atoms with Crippen LogP contribution in [0.5, 0.6) is 0 Å². The van der Waals surface area contributed by atoms with E-state index in [1.54, 1.807) is 12.1 Å². The topological polar surface area (TPSA) is 66.6 Å². The highest BCUT2D eigenvalue weighted by Crippen LogP contribution is 2.32. The number of aliphatic hydroxyl groups is 1. The van der Waals surface area contributed by atoms with Crippen LogP contribution in [0.4, 0.5) is 4.39 Å². The van der Waals surface area contributed by atoms with Crippen molar-refractivity contribution in [1.29, 1.82) is 0 Å². The van der Waals surface area contributed by atoms with Crippen molar-refractivity contribution in [3.8, 4) is 0 Å². The summed E-state index contributed by atoms with van der Waals surface area (Å²) in [4.78, 5) is 14.4. The van der Waals surface area contributed by atoms with Crippen molar-refractivity contribution in [3.63, 3.8) is 0 Å². The van der Waals surface area contributed by atoms with Gasteiger partial charge >= 0.3 is 0 Å². The fourth-order valence-corrected chi connectivity index (χ4v) is 4.07. The van der Waals surface area contributed by atoms with Gasteiger partial charge in [0.05, 0.1) is 6.10 Å². The summed E-state index contributed by atoms with van der Waals surface area (Å²) < 4.78 is 13.0. The van der Waals surface area contributed by atoms with Crippen LogP contribution >= 0.6 is 12.4 Å². The quantitative estimate of drug-likeness (QED) is 0.856. The van der Waals surface area contributed by atoms with Crippen LogP contribution < -0.4 is 5.73 Å². The third-order valence-corrected chi connectivity index (χ3v) is 5.71. The van der Waals surface area contributed by atoms with Crippen molar-refractivity contribution < 1.29 is 14.3 Å². The Morgan fingerprint density at radius 3 is 2.40 bits per heavy atom. The highest BCUT2D eigenvalue weighted by Gasteiger charge is 2.31. The predicted octanol–water partition coefficient (Wildman–Crippen LogP) is 3.04. The number of hydrogen-bond acceptors (Lipinski definition) is 3. The van der Waals surface area contributed by atoms with Gasteiger partial charge in [-0.2, -0.15) is 0 Å². The molecule has 1 amide bonds. The minimum Gasteiger partial charge on any atom is -0.388 e. The summed E-state index contributed by atoms with van der Waals surface area (Å²) in [5.41, 5.74) is 6.81. The largest absolute Gasteiger partial charge is 0.388 e. The molecule has 140 valence electrons. The van der Waals surface area contributed by atoms with Gasteiger partial charge in [0.1, 0.15) is 5.82 Å². The molecule has 3 N–H and O–H groups in total. The van der Waals surface area contributed by atoms with Crippen LogP contribution in [0, 0.1) is 17.7 Å². The minimum atomic E-state index is -0.592. The molecule has 0 aromatic heterocycles. The zero-order valence-corrected chi connectivity index (χ0v) is 15.3. The van der Waals surface area contributed by atoms with E-state index in [1.165, 1.54) is 12.1 Å². The number of carbonyl (C=O) groups excluding carboxylic acids is 1. The standard InChI is InChI=1S/C19H27FN2O2.ClH/c20-16-6-4-13(5-7-16)19(24)14-8-10-22(11-9-14)18(23)12-15-2-1-3-17(15)21;/h4-7,14-15,17,19,24H,1-3,8-12,21H2;1H/t15-,17+,19?;/m0./s1. The first-order valence-electron chi connectivity index (χ1n) is 9.01. The second kappa shape index (κ2) is 8.97. The monoisotopic (exact) mass is 370 g/mol. The Hall–Kier alpha value is -1.17. The first-order valence-corrected chi connectivity index (χ1v) is 9.01. The van der Waals surface area contributed by atoms with E-state index in [4.69, 9.17) is 5.73 Å². The molecule has 25 heavy (non-hydrogen) atoms. The van der Waals surface area contributed by atoms with Gasteiger partial charge in [-0.15, -0.1) is 12.4 Å². The zero-order valence-electron chi connectivity index (χ0n) is 14.4. The fourth-order valence-electron chi connectivity index (χ4n) is 4.07. The van der Waals surface area contributed by atoms with Crippen molar-refractivity contribution in [2.75, 3.05) is 13.1 Å². The number of carbonyl (C=O) groups is 1. The van der Waals surface area contributed by atoms with Crippen LogP contribution in [0.2, 0.25) is 0 Å². The molecular weight excluding hydrogens is 343 g/mol. The van der Waals surface area contributed by atoms with Gasteiger partial charge < -0.3 is 15.7 Å². The molecule has 1 aromatic carbocycles. The van der Waals surface area contributed by atoms with Gasteiger partial charge in [-0.05, 0) is 55.2 Å². The summed E-state index contributed by atoms with van der Waals surface area (Å²) in [6.45, 7) is 1.37. The Balaban J connectivity index is 0.00000225. The average Bonchev–Trinajstić information content (AvgIpc) is 3.00. The Labute approximate surface area is 155 Å². The highest BCUT2D eigenvalue weighted by atomic mass is 35.5. The molecule has 1 saturated heterocycles. The molecule has 2 aliphatic rings. The Bertz CT molecular complexity index is 561. The summed E-state index contributed by atoms with van der Waals surface area (Å²) in [7, 11) is 0. The molecule has 6 heteroatoms. The molecule has 4 nitrogen and oxygen atoms in total. The second-order valence-electron chi connectivity index (χ2n) is 7.27. The lowest BCUT2D eigenvalue weighted by atomic mass is 9.87. The second-order valence-corrected chi connectivity index (χ2v) is 7.27. The van der Waals surface area contributed by atoms with Gasteiger partial charge in [0.25, 0.3) is 0 Å². The predicted molar refractivity (Wildman–Crippen MR) is 97.8 cm³/mol. The molecule has 3 rings (SSSR count). The van der Waals surface area contributed by atoms with Gasteiger partial charge in [-0.3, -0.25) is 4.79 Å². The number of piperidine rings is 1. The number of amides is 1. The minimum absolute atomic E-state index is 0. The summed E-state index contributed by atoms with van der Waals surface area (Å²) in [6.07, 6.45) is 4.75. The van der Waals surface area contributed by atoms with Gasteiger partial charge in [0.15, 0.2) is 0 Å². The number of hydrogen-bond donors (Lipinski definition) is 2. The van der Waals surface area contributed by atoms with Crippen LogP contribution in [0.3, 0.4) is 0 Å². The fraction of sp³-hybridized carbons (Fsp3) is 0.632. The van der Waals surface area contributed by atoms with E-state index in [-0.39, 0.29) is 36.1 Å². The van der Waals surface area contributed by atoms with Gasteiger partial charge in [-0.25, -0.2) is 4.39 Å². The van der Waals surface area contributed by atoms with Crippen LogP contribution in [-0.4, -0.2) is 35.0 Å². The lowest BCUT2D eigenvalue weighted by Gasteiger charge is -2.35. The van der Waals surface area contributed by atoms with E-state index < -0.39 is 6.10 Å². The van der Waals surface area contributed by atoms with E-state index in [2.05, 4.69) is 0 Å². The van der Waals surface area contributed by atoms with E-state index >= 15 is 0 Å². The number of nitrogens with two attached hydrogens (primary N) is 1. The first-order chi connectivity index (χ1) is 11.5. The van der Waals surface area contributed by atoms with Crippen molar-refractivity contribution in [1.82, 2.24) is 4.90 Å². The van der Waals surface area contributed by atoms with Crippen molar-refractivity contribution in [3.05, 3.63) is 35.6 Å². The maximum Gasteiger partial charge on any atom is 0.222 e. The molecule has 0 spiro atoms. The summed E-state index contributed by atoms with van der Waals surface area (Å²) in [5, 5.41) is 10.5. The summed E-state index contributed by atoms with van der Waals surface area (Å²) >= 11 is 0. The van der Waals surface area contributed by atoms with Gasteiger partial charge in [-0.1, -0.05) is 18.6 Å². The van der Waals surface area contributed by atoms with Crippen molar-refractivity contribution in [2.45, 2.75) is 50.7 Å². The maximum atomic E-state index is 13.0. The molecule has 1 heterocycles. The third kappa shape index (κ3) is 4.93. The zero-order chi connectivity index (χ0) is 17.1. The van der Waals surface area contributed by atoms with E-state index in [0.717, 1.165) is 37.7 Å². The Kier molecular flexibility index (Phi) is 7.23. The molecule has 1 aliphatic heterocycles. The molecule has 1 aromatic rings. The Morgan fingerprint density at radius 2 is 1.84 bits per heavy atom. The number of aliphatic hydroxyl groups excluding tert-OH is 1. The van der Waals surface area contributed by atoms with E-state index in [0.29, 0.717) is 25.4 Å². The number of benzene rings is 1. The number of nitrogens with zero attached hydrogens (tertiary/aromatic N) is 1. The molecule has 1 unspecified atom stereocenters. The summed E-state index contributed by atoms with van der Waals surface area (Å²) in [5.74, 6) is 0.358. The van der Waals surface area contributed by atoms with Crippen LogP contribution in [0.25, 0.3) is 0 Å². The SMILES string of the molecule is Cl.N[C@@H]1CCC[C@H]1CC(=O)N1CCC(C(O)c2ccc(F)cc2)CC1. The smallest absolute Gasteiger partial charge is 0.222 e. The normalized spacial score (nSPS) is 25.5. The third-order valence-electron chi connectivity index (χ3n) is 5.71. The molecule has 3 atom stereocenters. The number of rotatable bonds is 4. The average molecular weight is 371 g/mol. The van der Waals surface area contributed by atoms with Crippen molar-refractivity contribution >= 4 is 18.3 Å². The molecule has 1 aliphatic carbocycles. The van der Waals surface area contributed by atoms with Crippen LogP contribution in [0.1, 0.15) is 50.2 Å². The Morgan fingerprint density at radius 1 is 1.20 bits per heavy atom. The van der Waals surface area contributed by atoms with E-state index in [1.807, 2.05) is 4.90 Å². The van der Waals surface area contributed by atoms with Crippen LogP contribution in [0.15, 0.2) is 24.3 Å². The van der Waals surface area contributed by atoms with Crippen LogP contribution in [-0.2, 0) is 4.79 Å². The molecule has 1 saturated carbocycles. The highest BCUT2D eigenvalue weighted by molar-refractivity contribution is 5.85. The molecule has 0 radical (unpaired) electrons. The number of likely N-dealkylation sites (tertiary alicyclic amines) is 1. The van der Waals surface area contributed by atoms with Gasteiger partial charge in [0, 0.05) is 25.6 Å².